The molecule has 0 radical (unpaired) electrons. The quantitative estimate of drug-likeness (QED) is 0.819. The minimum absolute atomic E-state index is 0.309. The molecule has 1 N–H and O–H groups in total. The lowest BCUT2D eigenvalue weighted by Crippen LogP contribution is -2.22. The van der Waals surface area contributed by atoms with Crippen LogP contribution in [-0.2, 0) is 0 Å². The molecule has 2 unspecified atom stereocenters. The lowest BCUT2D eigenvalue weighted by atomic mass is 10.0. The van der Waals surface area contributed by atoms with Gasteiger partial charge in [-0.3, -0.25) is 0 Å². The Balaban J connectivity index is 2.08. The third-order valence-electron chi connectivity index (χ3n) is 3.24. The number of aryl methyl sites for hydroxylation is 1. The fourth-order valence-corrected chi connectivity index (χ4v) is 3.17. The van der Waals surface area contributed by atoms with E-state index < -0.39 is 0 Å². The van der Waals surface area contributed by atoms with Gasteiger partial charge in [-0.1, -0.05) is 35.9 Å². The number of hydrogen-bond donors (Lipinski definition) is 1. The highest BCUT2D eigenvalue weighted by Crippen LogP contribution is 2.27. The number of halogens is 1. The Labute approximate surface area is 118 Å². The summed E-state index contributed by atoms with van der Waals surface area (Å²) < 4.78 is 0.849. The van der Waals surface area contributed by atoms with Gasteiger partial charge >= 0.3 is 0 Å². The normalized spacial score (nSPS) is 14.4. The second-order valence-corrected chi connectivity index (χ2v) is 6.19. The Bertz CT molecular complexity index is 521. The van der Waals surface area contributed by atoms with Crippen molar-refractivity contribution in [3.63, 3.8) is 0 Å². The van der Waals surface area contributed by atoms with Gasteiger partial charge in [-0.2, -0.15) is 0 Å². The van der Waals surface area contributed by atoms with Gasteiger partial charge in [-0.25, -0.2) is 0 Å². The molecule has 2 rings (SSSR count). The molecule has 18 heavy (non-hydrogen) atoms. The highest BCUT2D eigenvalue weighted by Gasteiger charge is 2.13. The molecule has 0 amide bonds. The molecular weight excluding hydrogens is 262 g/mol. The number of benzene rings is 1. The zero-order valence-electron chi connectivity index (χ0n) is 10.9. The van der Waals surface area contributed by atoms with E-state index in [0.29, 0.717) is 12.1 Å². The average molecular weight is 280 g/mol. The molecule has 1 nitrogen and oxygen atoms in total. The molecule has 2 atom stereocenters. The van der Waals surface area contributed by atoms with Gasteiger partial charge in [0.1, 0.15) is 0 Å². The summed E-state index contributed by atoms with van der Waals surface area (Å²) in [7, 11) is 0. The van der Waals surface area contributed by atoms with E-state index in [1.165, 1.54) is 16.7 Å². The first-order chi connectivity index (χ1) is 8.58. The zero-order valence-corrected chi connectivity index (χ0v) is 12.5. The summed E-state index contributed by atoms with van der Waals surface area (Å²) in [5, 5.41) is 5.73. The van der Waals surface area contributed by atoms with Crippen molar-refractivity contribution in [1.29, 1.82) is 0 Å². The highest BCUT2D eigenvalue weighted by molar-refractivity contribution is 7.14. The van der Waals surface area contributed by atoms with Crippen LogP contribution in [0.25, 0.3) is 0 Å². The molecule has 0 aliphatic heterocycles. The number of thiophene rings is 1. The van der Waals surface area contributed by atoms with Crippen LogP contribution in [0, 0.1) is 6.92 Å². The fraction of sp³-hybridized carbons (Fsp3) is 0.333. The van der Waals surface area contributed by atoms with E-state index in [4.69, 9.17) is 11.6 Å². The molecule has 0 bridgehead atoms. The van der Waals surface area contributed by atoms with E-state index >= 15 is 0 Å². The van der Waals surface area contributed by atoms with Crippen LogP contribution in [0.2, 0.25) is 4.34 Å². The molecule has 0 aliphatic carbocycles. The Hall–Kier alpha value is -0.830. The summed E-state index contributed by atoms with van der Waals surface area (Å²) in [5.74, 6) is 0. The molecule has 0 saturated carbocycles. The summed E-state index contributed by atoms with van der Waals surface area (Å²) in [4.78, 5) is 0. The Morgan fingerprint density at radius 2 is 1.89 bits per heavy atom. The summed E-state index contributed by atoms with van der Waals surface area (Å²) in [6, 6.07) is 11.2. The van der Waals surface area contributed by atoms with Crippen LogP contribution < -0.4 is 5.32 Å². The Morgan fingerprint density at radius 1 is 1.17 bits per heavy atom. The molecule has 0 aliphatic rings. The van der Waals surface area contributed by atoms with E-state index in [1.807, 2.05) is 6.07 Å². The van der Waals surface area contributed by atoms with Gasteiger partial charge in [-0.05, 0) is 48.9 Å². The smallest absolute Gasteiger partial charge is 0.0931 e. The summed E-state index contributed by atoms with van der Waals surface area (Å²) >= 11 is 7.56. The lowest BCUT2D eigenvalue weighted by molar-refractivity contribution is 0.494. The molecule has 96 valence electrons. The third kappa shape index (κ3) is 3.14. The molecule has 1 aromatic heterocycles. The maximum atomic E-state index is 5.97. The van der Waals surface area contributed by atoms with Crippen molar-refractivity contribution in [2.45, 2.75) is 32.9 Å². The first-order valence-electron chi connectivity index (χ1n) is 6.13. The van der Waals surface area contributed by atoms with Gasteiger partial charge in [0.2, 0.25) is 0 Å². The van der Waals surface area contributed by atoms with Crippen LogP contribution in [0.4, 0.5) is 0 Å². The van der Waals surface area contributed by atoms with E-state index in [9.17, 15) is 0 Å². The van der Waals surface area contributed by atoms with Gasteiger partial charge in [0, 0.05) is 12.1 Å². The van der Waals surface area contributed by atoms with Crippen LogP contribution >= 0.6 is 22.9 Å². The fourth-order valence-electron chi connectivity index (χ4n) is 2.18. The van der Waals surface area contributed by atoms with Crippen LogP contribution in [0.1, 0.15) is 42.6 Å². The lowest BCUT2D eigenvalue weighted by Gasteiger charge is -2.21. The average Bonchev–Trinajstić information content (AvgIpc) is 2.76. The number of hydrogen-bond acceptors (Lipinski definition) is 2. The third-order valence-corrected chi connectivity index (χ3v) is 4.35. The SMILES string of the molecule is Cc1ccccc1C(C)NC(C)c1csc(Cl)c1. The molecular formula is C15H18ClNS. The second-order valence-electron chi connectivity index (χ2n) is 4.65. The molecule has 1 aromatic carbocycles. The van der Waals surface area contributed by atoms with Gasteiger partial charge in [0.25, 0.3) is 0 Å². The molecule has 0 saturated heterocycles. The summed E-state index contributed by atoms with van der Waals surface area (Å²) in [5.41, 5.74) is 3.93. The van der Waals surface area contributed by atoms with Gasteiger partial charge in [0.15, 0.2) is 0 Å². The van der Waals surface area contributed by atoms with Crippen molar-refractivity contribution in [2.75, 3.05) is 0 Å². The number of nitrogens with one attached hydrogen (secondary N) is 1. The number of rotatable bonds is 4. The summed E-state index contributed by atoms with van der Waals surface area (Å²) in [6.07, 6.45) is 0. The predicted molar refractivity (Wildman–Crippen MR) is 80.5 cm³/mol. The van der Waals surface area contributed by atoms with E-state index in [2.05, 4.69) is 55.7 Å². The van der Waals surface area contributed by atoms with Crippen molar-refractivity contribution >= 4 is 22.9 Å². The van der Waals surface area contributed by atoms with Crippen LogP contribution in [0.5, 0.6) is 0 Å². The van der Waals surface area contributed by atoms with E-state index in [0.717, 1.165) is 4.34 Å². The van der Waals surface area contributed by atoms with E-state index in [1.54, 1.807) is 11.3 Å². The monoisotopic (exact) mass is 279 g/mol. The Morgan fingerprint density at radius 3 is 2.50 bits per heavy atom. The van der Waals surface area contributed by atoms with Crippen LogP contribution in [0.15, 0.2) is 35.7 Å². The van der Waals surface area contributed by atoms with Crippen molar-refractivity contribution in [3.05, 3.63) is 56.7 Å². The van der Waals surface area contributed by atoms with Crippen molar-refractivity contribution in [1.82, 2.24) is 5.32 Å². The molecule has 1 heterocycles. The topological polar surface area (TPSA) is 12.0 Å². The van der Waals surface area contributed by atoms with Crippen molar-refractivity contribution < 1.29 is 0 Å². The molecule has 0 spiro atoms. The minimum atomic E-state index is 0.309. The van der Waals surface area contributed by atoms with E-state index in [-0.39, 0.29) is 0 Å². The van der Waals surface area contributed by atoms with Gasteiger partial charge in [-0.15, -0.1) is 11.3 Å². The van der Waals surface area contributed by atoms with Gasteiger partial charge in [0.05, 0.1) is 4.34 Å². The minimum Gasteiger partial charge on any atom is -0.304 e. The first-order valence-corrected chi connectivity index (χ1v) is 7.39. The van der Waals surface area contributed by atoms with Gasteiger partial charge < -0.3 is 5.32 Å². The first kappa shape index (κ1) is 13.6. The highest BCUT2D eigenvalue weighted by atomic mass is 35.5. The molecule has 3 heteroatoms. The standard InChI is InChI=1S/C15H18ClNS/c1-10-6-4-5-7-14(10)12(3)17-11(2)13-8-15(16)18-9-13/h4-9,11-12,17H,1-3H3. The second kappa shape index (κ2) is 5.87. The van der Waals surface area contributed by atoms with Crippen LogP contribution in [-0.4, -0.2) is 0 Å². The molecule has 2 aromatic rings. The Kier molecular flexibility index (Phi) is 4.44. The molecule has 0 fully saturated rings. The maximum Gasteiger partial charge on any atom is 0.0931 e. The van der Waals surface area contributed by atoms with Crippen LogP contribution in [0.3, 0.4) is 0 Å². The maximum absolute atomic E-state index is 5.97. The van der Waals surface area contributed by atoms with Crippen molar-refractivity contribution in [2.24, 2.45) is 0 Å². The van der Waals surface area contributed by atoms with Crippen molar-refractivity contribution in [3.8, 4) is 0 Å². The zero-order chi connectivity index (χ0) is 13.1. The largest absolute Gasteiger partial charge is 0.304 e. The summed E-state index contributed by atoms with van der Waals surface area (Å²) in [6.45, 7) is 6.53. The predicted octanol–water partition coefficient (Wildman–Crippen LogP) is 5.12.